The first-order valence-electron chi connectivity index (χ1n) is 5.25. The summed E-state index contributed by atoms with van der Waals surface area (Å²) in [6, 6.07) is 8.14. The van der Waals surface area contributed by atoms with Crippen molar-refractivity contribution in [1.82, 2.24) is 4.98 Å². The van der Waals surface area contributed by atoms with Crippen LogP contribution in [0, 0.1) is 5.82 Å². The van der Waals surface area contributed by atoms with Gasteiger partial charge >= 0.3 is 5.97 Å². The number of esters is 1. The van der Waals surface area contributed by atoms with Gasteiger partial charge in [-0.1, -0.05) is 6.07 Å². The summed E-state index contributed by atoms with van der Waals surface area (Å²) in [4.78, 5) is 15.0. The third-order valence-corrected chi connectivity index (χ3v) is 2.34. The fraction of sp³-hybridized carbons (Fsp3) is 0.0769. The van der Waals surface area contributed by atoms with Gasteiger partial charge in [0.15, 0.2) is 5.82 Å². The summed E-state index contributed by atoms with van der Waals surface area (Å²) < 4.78 is 18.0. The Morgan fingerprint density at radius 2 is 2.22 bits per heavy atom. The summed E-state index contributed by atoms with van der Waals surface area (Å²) in [5.41, 5.74) is 1.30. The number of hydrogen-bond acceptors (Lipinski definition) is 4. The number of benzene rings is 1. The zero-order valence-electron chi connectivity index (χ0n) is 9.68. The Labute approximate surface area is 103 Å². The fourth-order valence-corrected chi connectivity index (χ4v) is 1.47. The fourth-order valence-electron chi connectivity index (χ4n) is 1.47. The van der Waals surface area contributed by atoms with Crippen molar-refractivity contribution in [1.29, 1.82) is 0 Å². The maximum Gasteiger partial charge on any atom is 0.337 e. The van der Waals surface area contributed by atoms with E-state index in [1.54, 1.807) is 24.3 Å². The molecule has 5 heteroatoms. The van der Waals surface area contributed by atoms with Crippen LogP contribution in [-0.4, -0.2) is 18.1 Å². The summed E-state index contributed by atoms with van der Waals surface area (Å²) in [7, 11) is 1.31. The van der Waals surface area contributed by atoms with Crippen LogP contribution in [0.1, 0.15) is 10.4 Å². The van der Waals surface area contributed by atoms with Gasteiger partial charge in [-0.3, -0.25) is 4.98 Å². The standard InChI is InChI=1S/C13H11FN2O2/c1-18-13(17)9-3-2-4-10(7-9)16-12-5-6-15-8-11(12)14/h2-8H,1H3,(H,15,16). The zero-order chi connectivity index (χ0) is 13.0. The Kier molecular flexibility index (Phi) is 3.52. The maximum absolute atomic E-state index is 13.4. The molecule has 92 valence electrons. The quantitative estimate of drug-likeness (QED) is 0.846. The molecule has 0 aliphatic rings. The smallest absolute Gasteiger partial charge is 0.337 e. The Morgan fingerprint density at radius 1 is 1.39 bits per heavy atom. The Hall–Kier alpha value is -2.43. The van der Waals surface area contributed by atoms with Gasteiger partial charge in [0.1, 0.15) is 0 Å². The molecule has 0 bridgehead atoms. The van der Waals surface area contributed by atoms with Gasteiger partial charge in [0, 0.05) is 11.9 Å². The number of nitrogens with one attached hydrogen (secondary N) is 1. The number of methoxy groups -OCH3 is 1. The van der Waals surface area contributed by atoms with E-state index in [1.165, 1.54) is 19.4 Å². The topological polar surface area (TPSA) is 51.2 Å². The van der Waals surface area contributed by atoms with Crippen LogP contribution >= 0.6 is 0 Å². The van der Waals surface area contributed by atoms with Crippen molar-refractivity contribution in [3.63, 3.8) is 0 Å². The molecule has 2 rings (SSSR count). The molecular weight excluding hydrogens is 235 g/mol. The van der Waals surface area contributed by atoms with Crippen molar-refractivity contribution in [3.05, 3.63) is 54.1 Å². The highest BCUT2D eigenvalue weighted by atomic mass is 19.1. The number of carbonyl (C=O) groups is 1. The largest absolute Gasteiger partial charge is 0.465 e. The van der Waals surface area contributed by atoms with Gasteiger partial charge in [-0.2, -0.15) is 0 Å². The van der Waals surface area contributed by atoms with E-state index in [0.717, 1.165) is 6.20 Å². The molecule has 0 aliphatic heterocycles. The van der Waals surface area contributed by atoms with Crippen LogP contribution in [0.2, 0.25) is 0 Å². The molecule has 1 aromatic carbocycles. The average molecular weight is 246 g/mol. The van der Waals surface area contributed by atoms with Crippen LogP contribution in [0.4, 0.5) is 15.8 Å². The number of anilines is 2. The summed E-state index contributed by atoms with van der Waals surface area (Å²) in [5, 5.41) is 2.87. The third-order valence-electron chi connectivity index (χ3n) is 2.34. The Bertz CT molecular complexity index is 572. The highest BCUT2D eigenvalue weighted by Gasteiger charge is 2.07. The molecule has 0 radical (unpaired) electrons. The van der Waals surface area contributed by atoms with E-state index in [4.69, 9.17) is 0 Å². The number of hydrogen-bond donors (Lipinski definition) is 1. The van der Waals surface area contributed by atoms with E-state index < -0.39 is 11.8 Å². The number of pyridine rings is 1. The van der Waals surface area contributed by atoms with Crippen molar-refractivity contribution in [2.45, 2.75) is 0 Å². The van der Waals surface area contributed by atoms with Crippen LogP contribution in [-0.2, 0) is 4.74 Å². The first-order valence-corrected chi connectivity index (χ1v) is 5.25. The van der Waals surface area contributed by atoms with E-state index in [1.807, 2.05) is 0 Å². The third kappa shape index (κ3) is 2.63. The van der Waals surface area contributed by atoms with Crippen molar-refractivity contribution < 1.29 is 13.9 Å². The lowest BCUT2D eigenvalue weighted by molar-refractivity contribution is 0.0601. The van der Waals surface area contributed by atoms with Crippen LogP contribution < -0.4 is 5.32 Å². The number of halogens is 1. The molecule has 0 amide bonds. The van der Waals surface area contributed by atoms with Gasteiger partial charge < -0.3 is 10.1 Å². The highest BCUT2D eigenvalue weighted by molar-refractivity contribution is 5.90. The molecule has 1 heterocycles. The first kappa shape index (κ1) is 12.0. The summed E-state index contributed by atoms with van der Waals surface area (Å²) in [5.74, 6) is -0.894. The number of nitrogens with zero attached hydrogens (tertiary/aromatic N) is 1. The van der Waals surface area contributed by atoms with Gasteiger partial charge in [0.05, 0.1) is 24.6 Å². The molecule has 18 heavy (non-hydrogen) atoms. The summed E-state index contributed by atoms with van der Waals surface area (Å²) >= 11 is 0. The normalized spacial score (nSPS) is 9.89. The summed E-state index contributed by atoms with van der Waals surface area (Å²) in [6.07, 6.45) is 2.60. The maximum atomic E-state index is 13.4. The first-order chi connectivity index (χ1) is 8.70. The van der Waals surface area contributed by atoms with E-state index in [2.05, 4.69) is 15.0 Å². The molecular formula is C13H11FN2O2. The number of carbonyl (C=O) groups excluding carboxylic acids is 1. The molecule has 0 saturated heterocycles. The minimum absolute atomic E-state index is 0.298. The molecule has 4 nitrogen and oxygen atoms in total. The van der Waals surface area contributed by atoms with E-state index >= 15 is 0 Å². The van der Waals surface area contributed by atoms with Crippen LogP contribution in [0.15, 0.2) is 42.7 Å². The number of ether oxygens (including phenoxy) is 1. The number of rotatable bonds is 3. The molecule has 1 N–H and O–H groups in total. The van der Waals surface area contributed by atoms with Gasteiger partial charge in [-0.05, 0) is 24.3 Å². The lowest BCUT2D eigenvalue weighted by atomic mass is 10.2. The van der Waals surface area contributed by atoms with Crippen molar-refractivity contribution >= 4 is 17.3 Å². The zero-order valence-corrected chi connectivity index (χ0v) is 9.68. The number of aromatic nitrogens is 1. The second-order valence-electron chi connectivity index (χ2n) is 3.55. The van der Waals surface area contributed by atoms with E-state index in [0.29, 0.717) is 16.9 Å². The van der Waals surface area contributed by atoms with Crippen LogP contribution in [0.5, 0.6) is 0 Å². The van der Waals surface area contributed by atoms with E-state index in [9.17, 15) is 9.18 Å². The van der Waals surface area contributed by atoms with Gasteiger partial charge in [-0.15, -0.1) is 0 Å². The average Bonchev–Trinajstić information content (AvgIpc) is 2.41. The molecule has 0 aliphatic carbocycles. The molecule has 0 fully saturated rings. The Morgan fingerprint density at radius 3 is 2.94 bits per heavy atom. The highest BCUT2D eigenvalue weighted by Crippen LogP contribution is 2.19. The van der Waals surface area contributed by atoms with Crippen LogP contribution in [0.25, 0.3) is 0 Å². The monoisotopic (exact) mass is 246 g/mol. The minimum atomic E-state index is -0.457. The molecule has 0 atom stereocenters. The second kappa shape index (κ2) is 5.27. The molecule has 0 spiro atoms. The van der Waals surface area contributed by atoms with Gasteiger partial charge in [-0.25, -0.2) is 9.18 Å². The van der Waals surface area contributed by atoms with E-state index in [-0.39, 0.29) is 0 Å². The van der Waals surface area contributed by atoms with Gasteiger partial charge in [0.25, 0.3) is 0 Å². The molecule has 1 aromatic heterocycles. The molecule has 2 aromatic rings. The van der Waals surface area contributed by atoms with Crippen molar-refractivity contribution in [2.24, 2.45) is 0 Å². The van der Waals surface area contributed by atoms with Crippen molar-refractivity contribution in [2.75, 3.05) is 12.4 Å². The second-order valence-corrected chi connectivity index (χ2v) is 3.55. The van der Waals surface area contributed by atoms with Crippen LogP contribution in [0.3, 0.4) is 0 Å². The lowest BCUT2D eigenvalue weighted by Crippen LogP contribution is -2.02. The van der Waals surface area contributed by atoms with Crippen molar-refractivity contribution in [3.8, 4) is 0 Å². The predicted molar refractivity (Wildman–Crippen MR) is 65.3 cm³/mol. The Balaban J connectivity index is 2.25. The summed E-state index contributed by atoms with van der Waals surface area (Å²) in [6.45, 7) is 0. The molecule has 0 unspecified atom stereocenters. The predicted octanol–water partition coefficient (Wildman–Crippen LogP) is 2.75. The lowest BCUT2D eigenvalue weighted by Gasteiger charge is -2.08. The minimum Gasteiger partial charge on any atom is -0.465 e. The van der Waals surface area contributed by atoms with Gasteiger partial charge in [0.2, 0.25) is 0 Å². The molecule has 0 saturated carbocycles. The SMILES string of the molecule is COC(=O)c1cccc(Nc2ccncc2F)c1.